The molecule has 0 aliphatic carbocycles. The maximum Gasteiger partial charge on any atom is 0.150 e. The molecule has 0 amide bonds. The molecule has 0 heterocycles. The summed E-state index contributed by atoms with van der Waals surface area (Å²) < 4.78 is 29.8. The van der Waals surface area contributed by atoms with Gasteiger partial charge < -0.3 is 10.2 Å². The number of carbonyl (C=O) groups is 1. The van der Waals surface area contributed by atoms with E-state index in [1.54, 1.807) is 18.2 Å². The topological polar surface area (TPSA) is 77.7 Å². The fourth-order valence-corrected chi connectivity index (χ4v) is 4.68. The molecular weight excluding hydrogens is 449 g/mol. The number of hydrogen-bond acceptors (Lipinski definition) is 2. The first-order valence-corrected chi connectivity index (χ1v) is 11.9. The zero-order valence-electron chi connectivity index (χ0n) is 18.5. The molecule has 34 heavy (non-hydrogen) atoms. The highest BCUT2D eigenvalue weighted by atomic mass is 32.2. The highest BCUT2D eigenvalue weighted by molar-refractivity contribution is 7.86. The van der Waals surface area contributed by atoms with Gasteiger partial charge >= 0.3 is 0 Å². The Labute approximate surface area is 201 Å². The fraction of sp³-hybridized carbons (Fsp3) is 0.107. The molecule has 1 atom stereocenters. The van der Waals surface area contributed by atoms with Gasteiger partial charge in [-0.15, -0.1) is 0 Å². The van der Waals surface area contributed by atoms with Crippen molar-refractivity contribution in [3.05, 3.63) is 120 Å². The summed E-state index contributed by atoms with van der Waals surface area (Å²) in [5, 5.41) is 0. The number of rotatable bonds is 9. The molecule has 4 aromatic carbocycles. The van der Waals surface area contributed by atoms with Gasteiger partial charge in [0, 0.05) is 18.5 Å². The molecule has 0 bridgehead atoms. The van der Waals surface area contributed by atoms with Crippen LogP contribution in [0, 0.1) is 5.82 Å². The monoisotopic (exact) mass is 475 g/mol. The van der Waals surface area contributed by atoms with E-state index in [1.165, 1.54) is 6.07 Å². The largest absolute Gasteiger partial charge is 0.412 e. The number of aryl methyl sites for hydroxylation is 1. The average molecular weight is 476 g/mol. The number of carbonyl (C=O) groups excluding carboxylic acids is 1. The van der Waals surface area contributed by atoms with Gasteiger partial charge in [0.25, 0.3) is 0 Å². The van der Waals surface area contributed by atoms with Crippen LogP contribution in [0.3, 0.4) is 0 Å². The van der Waals surface area contributed by atoms with Crippen molar-refractivity contribution in [1.29, 1.82) is 0 Å². The maximum absolute atomic E-state index is 13.7. The molecule has 0 fully saturated rings. The number of ketones is 1. The second-order valence-electron chi connectivity index (χ2n) is 7.74. The highest BCUT2D eigenvalue weighted by Gasteiger charge is 2.12. The molecule has 4 aromatic rings. The summed E-state index contributed by atoms with van der Waals surface area (Å²) in [6.45, 7) is 0. The van der Waals surface area contributed by atoms with Crippen LogP contribution in [0.1, 0.15) is 17.5 Å². The Balaban J connectivity index is 0.00000324. The molecule has 174 valence electrons. The van der Waals surface area contributed by atoms with Crippen LogP contribution >= 0.6 is 0 Å². The van der Waals surface area contributed by atoms with Crippen LogP contribution in [-0.2, 0) is 28.6 Å². The van der Waals surface area contributed by atoms with E-state index in [-0.39, 0.29) is 23.5 Å². The smallest absolute Gasteiger partial charge is 0.150 e. The summed E-state index contributed by atoms with van der Waals surface area (Å²) in [5.41, 5.74) is 4.06. The average Bonchev–Trinajstić information content (AvgIpc) is 2.85. The fourth-order valence-electron chi connectivity index (χ4n) is 3.63. The van der Waals surface area contributed by atoms with E-state index in [1.807, 2.05) is 78.9 Å². The Bertz CT molecular complexity index is 1260. The van der Waals surface area contributed by atoms with E-state index >= 15 is 0 Å². The molecule has 0 aliphatic rings. The van der Waals surface area contributed by atoms with Crippen molar-refractivity contribution in [3.8, 4) is 11.1 Å². The van der Waals surface area contributed by atoms with Crippen LogP contribution in [0.15, 0.2) is 108 Å². The summed E-state index contributed by atoms with van der Waals surface area (Å²) in [6.07, 6.45) is 0.973. The van der Waals surface area contributed by atoms with Gasteiger partial charge in [0.15, 0.2) is 11.0 Å². The minimum absolute atomic E-state index is 0. The van der Waals surface area contributed by atoms with E-state index in [9.17, 15) is 13.4 Å². The first-order valence-electron chi connectivity index (χ1n) is 10.8. The number of Topliss-reactive ketones (excluding diaryl/α,β-unsaturated/α-hetero) is 1. The molecule has 0 aliphatic heterocycles. The minimum Gasteiger partial charge on any atom is -0.412 e. The zero-order chi connectivity index (χ0) is 23.0. The van der Waals surface area contributed by atoms with Gasteiger partial charge in [-0.25, -0.2) is 8.60 Å². The minimum atomic E-state index is -1.44. The van der Waals surface area contributed by atoms with Gasteiger partial charge in [0.2, 0.25) is 0 Å². The number of halogens is 1. The standard InChI is InChI=1S/C28H24FNO2S.H2O/c29-27-12-6-4-10-23(27)16-19-25(31)20-21-14-17-24(18-15-21)30-33(32)28-13-7-5-11-26(28)22-8-2-1-3-9-22;/h1-15,17-18,30H,16,19-20H2;1H2. The lowest BCUT2D eigenvalue weighted by atomic mass is 10.0. The molecule has 3 N–H and O–H groups in total. The molecule has 0 spiro atoms. The van der Waals surface area contributed by atoms with E-state index in [2.05, 4.69) is 4.72 Å². The SMILES string of the molecule is O.O=C(CCc1ccccc1F)Cc1ccc(NS(=O)c2ccccc2-c2ccccc2)cc1. The van der Waals surface area contributed by atoms with E-state index in [4.69, 9.17) is 0 Å². The van der Waals surface area contributed by atoms with Crippen LogP contribution in [0.4, 0.5) is 10.1 Å². The third kappa shape index (κ3) is 6.47. The summed E-state index contributed by atoms with van der Waals surface area (Å²) in [5.74, 6) is -0.220. The van der Waals surface area contributed by atoms with Crippen molar-refractivity contribution < 1.29 is 18.9 Å². The first-order chi connectivity index (χ1) is 16.1. The number of nitrogens with one attached hydrogen (secondary N) is 1. The Morgan fingerprint density at radius 1 is 0.794 bits per heavy atom. The molecular formula is C28H26FNO3S. The second-order valence-corrected chi connectivity index (χ2v) is 8.92. The Morgan fingerprint density at radius 3 is 2.18 bits per heavy atom. The van der Waals surface area contributed by atoms with Crippen molar-refractivity contribution in [1.82, 2.24) is 0 Å². The summed E-state index contributed by atoms with van der Waals surface area (Å²) in [4.78, 5) is 13.0. The predicted octanol–water partition coefficient (Wildman–Crippen LogP) is 5.55. The molecule has 4 nitrogen and oxygen atoms in total. The number of hydrogen-bond donors (Lipinski definition) is 1. The summed E-state index contributed by atoms with van der Waals surface area (Å²) in [6, 6.07) is 31.4. The van der Waals surface area contributed by atoms with Crippen LogP contribution in [0.2, 0.25) is 0 Å². The summed E-state index contributed by atoms with van der Waals surface area (Å²) in [7, 11) is -1.44. The van der Waals surface area contributed by atoms with Gasteiger partial charge in [0.1, 0.15) is 11.6 Å². The van der Waals surface area contributed by atoms with Gasteiger partial charge in [-0.3, -0.25) is 4.79 Å². The van der Waals surface area contributed by atoms with Crippen molar-refractivity contribution in [3.63, 3.8) is 0 Å². The second kappa shape index (κ2) is 12.0. The molecule has 0 radical (unpaired) electrons. The van der Waals surface area contributed by atoms with Gasteiger partial charge in [0.05, 0.1) is 4.90 Å². The molecule has 1 unspecified atom stereocenters. The van der Waals surface area contributed by atoms with E-state index in [0.717, 1.165) is 16.7 Å². The van der Waals surface area contributed by atoms with Crippen LogP contribution in [0.25, 0.3) is 11.1 Å². The van der Waals surface area contributed by atoms with Crippen LogP contribution in [-0.4, -0.2) is 15.5 Å². The number of anilines is 1. The van der Waals surface area contributed by atoms with Gasteiger partial charge in [-0.2, -0.15) is 0 Å². The lowest BCUT2D eigenvalue weighted by Gasteiger charge is -2.11. The molecule has 4 rings (SSSR count). The lowest BCUT2D eigenvalue weighted by Crippen LogP contribution is -2.07. The van der Waals surface area contributed by atoms with Crippen LogP contribution < -0.4 is 4.72 Å². The normalized spacial score (nSPS) is 11.3. The zero-order valence-corrected chi connectivity index (χ0v) is 19.4. The molecule has 0 saturated heterocycles. The summed E-state index contributed by atoms with van der Waals surface area (Å²) >= 11 is 0. The Hall–Kier alpha value is -3.61. The Morgan fingerprint density at radius 2 is 1.44 bits per heavy atom. The quantitative estimate of drug-likeness (QED) is 0.345. The Kier molecular flexibility index (Phi) is 8.85. The first kappa shape index (κ1) is 25.0. The van der Waals surface area contributed by atoms with Crippen molar-refractivity contribution in [2.45, 2.75) is 24.2 Å². The van der Waals surface area contributed by atoms with Gasteiger partial charge in [-0.05, 0) is 52.9 Å². The molecule has 6 heteroatoms. The third-order valence-electron chi connectivity index (χ3n) is 5.37. The highest BCUT2D eigenvalue weighted by Crippen LogP contribution is 2.26. The predicted molar refractivity (Wildman–Crippen MR) is 135 cm³/mol. The van der Waals surface area contributed by atoms with Crippen molar-refractivity contribution >= 4 is 22.5 Å². The van der Waals surface area contributed by atoms with Crippen molar-refractivity contribution in [2.75, 3.05) is 4.72 Å². The van der Waals surface area contributed by atoms with E-state index in [0.29, 0.717) is 29.0 Å². The third-order valence-corrected chi connectivity index (χ3v) is 6.54. The van der Waals surface area contributed by atoms with Crippen LogP contribution in [0.5, 0.6) is 0 Å². The van der Waals surface area contributed by atoms with E-state index < -0.39 is 11.0 Å². The number of benzene rings is 4. The maximum atomic E-state index is 13.7. The molecule has 0 saturated carbocycles. The lowest BCUT2D eigenvalue weighted by molar-refractivity contribution is -0.118. The van der Waals surface area contributed by atoms with Gasteiger partial charge in [-0.1, -0.05) is 78.9 Å². The molecule has 0 aromatic heterocycles. The van der Waals surface area contributed by atoms with Crippen molar-refractivity contribution in [2.24, 2.45) is 0 Å².